The first-order valence-electron chi connectivity index (χ1n) is 5.00. The fourth-order valence-corrected chi connectivity index (χ4v) is 1.91. The quantitative estimate of drug-likeness (QED) is 0.455. The van der Waals surface area contributed by atoms with Crippen LogP contribution < -0.4 is 4.74 Å². The molecule has 0 atom stereocenters. The molecule has 1 heterocycles. The minimum absolute atomic E-state index is 0.321. The molecule has 0 saturated heterocycles. The molecule has 0 spiro atoms. The standard InChI is InChI=1S/C10H6BrF6NO3/c1-20-8(19)5-3-18-7(9(12,13)14)4(2-11)6(5)21-10(15,16)17/h3H,2H2,1H3. The molecule has 0 unspecified atom stereocenters. The fraction of sp³-hybridized carbons (Fsp3) is 0.400. The van der Waals surface area contributed by atoms with Gasteiger partial charge in [-0.2, -0.15) is 13.2 Å². The van der Waals surface area contributed by atoms with Crippen LogP contribution in [0.3, 0.4) is 0 Å². The summed E-state index contributed by atoms with van der Waals surface area (Å²) >= 11 is 2.62. The van der Waals surface area contributed by atoms with Crippen LogP contribution >= 0.6 is 15.9 Å². The second kappa shape index (κ2) is 6.08. The van der Waals surface area contributed by atoms with Gasteiger partial charge in [-0.25, -0.2) is 4.79 Å². The van der Waals surface area contributed by atoms with Crippen LogP contribution in [-0.4, -0.2) is 24.4 Å². The molecule has 0 aliphatic heterocycles. The molecule has 0 saturated carbocycles. The van der Waals surface area contributed by atoms with Crippen molar-refractivity contribution in [3.05, 3.63) is 23.0 Å². The largest absolute Gasteiger partial charge is 0.573 e. The molecule has 11 heteroatoms. The van der Waals surface area contributed by atoms with E-state index in [1.54, 1.807) is 0 Å². The van der Waals surface area contributed by atoms with Crippen LogP contribution in [0, 0.1) is 0 Å². The number of pyridine rings is 1. The van der Waals surface area contributed by atoms with Crippen molar-refractivity contribution in [3.63, 3.8) is 0 Å². The van der Waals surface area contributed by atoms with Crippen molar-refractivity contribution in [3.8, 4) is 5.75 Å². The van der Waals surface area contributed by atoms with Gasteiger partial charge < -0.3 is 9.47 Å². The number of halogens is 7. The van der Waals surface area contributed by atoms with Gasteiger partial charge in [-0.3, -0.25) is 4.98 Å². The summed E-state index contributed by atoms with van der Waals surface area (Å²) in [6.45, 7) is 0. The number of alkyl halides is 7. The Kier molecular flexibility index (Phi) is 5.07. The van der Waals surface area contributed by atoms with E-state index in [4.69, 9.17) is 0 Å². The second-order valence-corrected chi connectivity index (χ2v) is 4.06. The molecule has 1 rings (SSSR count). The SMILES string of the molecule is COC(=O)c1cnc(C(F)(F)F)c(CBr)c1OC(F)(F)F. The van der Waals surface area contributed by atoms with Crippen LogP contribution in [0.1, 0.15) is 21.6 Å². The number of esters is 1. The van der Waals surface area contributed by atoms with Crippen LogP contribution in [0.4, 0.5) is 26.3 Å². The number of carbonyl (C=O) groups is 1. The predicted molar refractivity (Wildman–Crippen MR) is 59.9 cm³/mol. The van der Waals surface area contributed by atoms with Crippen LogP contribution in [0.15, 0.2) is 6.20 Å². The van der Waals surface area contributed by atoms with Crippen molar-refractivity contribution in [1.82, 2.24) is 4.98 Å². The van der Waals surface area contributed by atoms with E-state index in [2.05, 4.69) is 30.4 Å². The average Bonchev–Trinajstić information content (AvgIpc) is 2.34. The number of carbonyl (C=O) groups excluding carboxylic acids is 1. The summed E-state index contributed by atoms with van der Waals surface area (Å²) in [6.07, 6.45) is -9.98. The lowest BCUT2D eigenvalue weighted by atomic mass is 10.1. The fourth-order valence-electron chi connectivity index (χ4n) is 1.39. The Morgan fingerprint density at radius 2 is 1.86 bits per heavy atom. The van der Waals surface area contributed by atoms with E-state index in [9.17, 15) is 31.1 Å². The van der Waals surface area contributed by atoms with E-state index < -0.39 is 46.4 Å². The van der Waals surface area contributed by atoms with Crippen LogP contribution in [0.25, 0.3) is 0 Å². The third-order valence-corrected chi connectivity index (χ3v) is 2.71. The number of hydrogen-bond acceptors (Lipinski definition) is 4. The second-order valence-electron chi connectivity index (χ2n) is 3.50. The molecule has 0 fully saturated rings. The lowest BCUT2D eigenvalue weighted by Gasteiger charge is -2.18. The first-order chi connectivity index (χ1) is 9.51. The van der Waals surface area contributed by atoms with Gasteiger partial charge in [-0.15, -0.1) is 13.2 Å². The molecule has 0 bridgehead atoms. The van der Waals surface area contributed by atoms with Gasteiger partial charge in [0.15, 0.2) is 11.4 Å². The summed E-state index contributed by atoms with van der Waals surface area (Å²) in [5, 5.41) is -0.662. The highest BCUT2D eigenvalue weighted by Crippen LogP contribution is 2.39. The van der Waals surface area contributed by atoms with Gasteiger partial charge in [0.2, 0.25) is 0 Å². The summed E-state index contributed by atoms with van der Waals surface area (Å²) < 4.78 is 82.9. The Bertz CT molecular complexity index is 543. The lowest BCUT2D eigenvalue weighted by molar-refractivity contribution is -0.275. The highest BCUT2D eigenvalue weighted by Gasteiger charge is 2.41. The zero-order chi connectivity index (χ0) is 16.4. The zero-order valence-electron chi connectivity index (χ0n) is 10.1. The molecule has 0 aliphatic rings. The van der Waals surface area contributed by atoms with Crippen LogP contribution in [-0.2, 0) is 16.2 Å². The molecular formula is C10H6BrF6NO3. The minimum Gasteiger partial charge on any atom is -0.465 e. The number of nitrogens with zero attached hydrogens (tertiary/aromatic N) is 1. The van der Waals surface area contributed by atoms with Crippen molar-refractivity contribution in [2.24, 2.45) is 0 Å². The van der Waals surface area contributed by atoms with E-state index in [-0.39, 0.29) is 0 Å². The van der Waals surface area contributed by atoms with Crippen molar-refractivity contribution in [2.75, 3.05) is 7.11 Å². The molecule has 0 aromatic carbocycles. The molecule has 0 radical (unpaired) electrons. The van der Waals surface area contributed by atoms with Gasteiger partial charge in [0.05, 0.1) is 7.11 Å². The Labute approximate surface area is 122 Å². The monoisotopic (exact) mass is 381 g/mol. The van der Waals surface area contributed by atoms with Gasteiger partial charge in [-0.05, 0) is 0 Å². The molecule has 0 N–H and O–H groups in total. The van der Waals surface area contributed by atoms with E-state index in [0.717, 1.165) is 7.11 Å². The van der Waals surface area contributed by atoms with Gasteiger partial charge in [0.1, 0.15) is 5.56 Å². The summed E-state index contributed by atoms with van der Waals surface area (Å²) in [4.78, 5) is 14.3. The molecule has 1 aromatic heterocycles. The van der Waals surface area contributed by atoms with Crippen molar-refractivity contribution >= 4 is 21.9 Å². The molecule has 0 amide bonds. The van der Waals surface area contributed by atoms with Gasteiger partial charge in [0.25, 0.3) is 0 Å². The van der Waals surface area contributed by atoms with Crippen LogP contribution in [0.5, 0.6) is 5.75 Å². The molecule has 0 aliphatic carbocycles. The number of ether oxygens (including phenoxy) is 2. The van der Waals surface area contributed by atoms with Crippen LogP contribution in [0.2, 0.25) is 0 Å². The highest BCUT2D eigenvalue weighted by atomic mass is 79.9. The topological polar surface area (TPSA) is 48.4 Å². The zero-order valence-corrected chi connectivity index (χ0v) is 11.7. The maximum Gasteiger partial charge on any atom is 0.573 e. The van der Waals surface area contributed by atoms with E-state index >= 15 is 0 Å². The van der Waals surface area contributed by atoms with E-state index in [1.165, 1.54) is 0 Å². The molecule has 1 aromatic rings. The number of rotatable bonds is 3. The first kappa shape index (κ1) is 17.5. The summed E-state index contributed by atoms with van der Waals surface area (Å²) in [5.41, 5.74) is -3.41. The third-order valence-electron chi connectivity index (χ3n) is 2.15. The molecule has 4 nitrogen and oxygen atoms in total. The smallest absolute Gasteiger partial charge is 0.465 e. The molecule has 118 valence electrons. The van der Waals surface area contributed by atoms with Gasteiger partial charge in [0, 0.05) is 17.1 Å². The minimum atomic E-state index is -5.29. The molecular weight excluding hydrogens is 376 g/mol. The Hall–Kier alpha value is -1.52. The average molecular weight is 382 g/mol. The molecule has 21 heavy (non-hydrogen) atoms. The Morgan fingerprint density at radius 3 is 2.24 bits per heavy atom. The summed E-state index contributed by atoms with van der Waals surface area (Å²) in [6, 6.07) is 0. The number of methoxy groups -OCH3 is 1. The summed E-state index contributed by atoms with van der Waals surface area (Å²) in [5.74, 6) is -2.61. The predicted octanol–water partition coefficient (Wildman–Crippen LogP) is 3.68. The van der Waals surface area contributed by atoms with Crippen molar-refractivity contribution in [1.29, 1.82) is 0 Å². The Morgan fingerprint density at radius 1 is 1.29 bits per heavy atom. The maximum absolute atomic E-state index is 12.7. The number of aromatic nitrogens is 1. The van der Waals surface area contributed by atoms with Gasteiger partial charge >= 0.3 is 18.5 Å². The van der Waals surface area contributed by atoms with Crippen molar-refractivity contribution < 1.29 is 40.6 Å². The Balaban J connectivity index is 3.60. The lowest BCUT2D eigenvalue weighted by Crippen LogP contribution is -2.23. The van der Waals surface area contributed by atoms with Gasteiger partial charge in [-0.1, -0.05) is 15.9 Å². The van der Waals surface area contributed by atoms with Crippen molar-refractivity contribution in [2.45, 2.75) is 17.9 Å². The highest BCUT2D eigenvalue weighted by molar-refractivity contribution is 9.08. The summed E-state index contributed by atoms with van der Waals surface area (Å²) in [7, 11) is 0.852. The normalized spacial score (nSPS) is 12.2. The first-order valence-corrected chi connectivity index (χ1v) is 6.12. The van der Waals surface area contributed by atoms with E-state index in [1.807, 2.05) is 0 Å². The third kappa shape index (κ3) is 4.22. The number of hydrogen-bond donors (Lipinski definition) is 0. The van der Waals surface area contributed by atoms with E-state index in [0.29, 0.717) is 6.20 Å². The maximum atomic E-state index is 12.7.